The van der Waals surface area contributed by atoms with Gasteiger partial charge in [-0.25, -0.2) is 4.98 Å². The summed E-state index contributed by atoms with van der Waals surface area (Å²) in [6.07, 6.45) is 3.25. The van der Waals surface area contributed by atoms with Crippen LogP contribution in [0.1, 0.15) is 47.5 Å². The molecule has 3 aromatic heterocycles. The maximum atomic E-state index is 12.6. The molecule has 24 heavy (non-hydrogen) atoms. The van der Waals surface area contributed by atoms with E-state index in [-0.39, 0.29) is 11.6 Å². The maximum Gasteiger partial charge on any atom is 0.259 e. The number of hydrogen-bond acceptors (Lipinski definition) is 5. The van der Waals surface area contributed by atoms with Crippen molar-refractivity contribution in [2.45, 2.75) is 45.7 Å². The highest BCUT2D eigenvalue weighted by Crippen LogP contribution is 2.35. The Kier molecular flexibility index (Phi) is 4.28. The molecule has 0 aromatic carbocycles. The van der Waals surface area contributed by atoms with Crippen molar-refractivity contribution in [3.63, 3.8) is 0 Å². The van der Waals surface area contributed by atoms with Crippen LogP contribution < -0.4 is 10.9 Å². The molecule has 0 amide bonds. The predicted molar refractivity (Wildman–Crippen MR) is 101 cm³/mol. The van der Waals surface area contributed by atoms with Gasteiger partial charge in [-0.05, 0) is 49.1 Å². The first-order valence-corrected chi connectivity index (χ1v) is 10.1. The maximum absolute atomic E-state index is 12.6. The van der Waals surface area contributed by atoms with Gasteiger partial charge in [-0.2, -0.15) is 0 Å². The minimum atomic E-state index is 0.0160. The molecule has 0 spiro atoms. The summed E-state index contributed by atoms with van der Waals surface area (Å²) in [6.45, 7) is 5.12. The fourth-order valence-corrected chi connectivity index (χ4v) is 5.38. The molecule has 1 aliphatic carbocycles. The smallest absolute Gasteiger partial charge is 0.259 e. The number of aryl methyl sites for hydroxylation is 1. The van der Waals surface area contributed by atoms with Crippen LogP contribution in [0.15, 0.2) is 22.3 Å². The number of rotatable bonds is 4. The van der Waals surface area contributed by atoms with Crippen LogP contribution >= 0.6 is 22.7 Å². The summed E-state index contributed by atoms with van der Waals surface area (Å²) in [5, 5.41) is 6.35. The van der Waals surface area contributed by atoms with Crippen molar-refractivity contribution in [1.82, 2.24) is 15.3 Å². The highest BCUT2D eigenvalue weighted by Gasteiger charge is 2.23. The van der Waals surface area contributed by atoms with Crippen molar-refractivity contribution in [2.24, 2.45) is 5.92 Å². The standard InChI is InChI=1S/C18H21N3OS2/c1-10-5-6-13-14(8-10)24-18-15(13)17(22)20-16(21-18)11(2)19-9-12-4-3-7-23-12/h3-4,7,10-11,19H,5-6,8-9H2,1-2H3,(H,20,21,22)/t10-,11-/m0/s1. The quantitative estimate of drug-likeness (QED) is 0.740. The van der Waals surface area contributed by atoms with Crippen molar-refractivity contribution in [1.29, 1.82) is 0 Å². The van der Waals surface area contributed by atoms with Gasteiger partial charge in [0, 0.05) is 16.3 Å². The Balaban J connectivity index is 1.64. The molecule has 0 unspecified atom stereocenters. The van der Waals surface area contributed by atoms with Gasteiger partial charge in [-0.15, -0.1) is 22.7 Å². The zero-order valence-corrected chi connectivity index (χ0v) is 15.5. The molecule has 0 fully saturated rings. The van der Waals surface area contributed by atoms with Crippen molar-refractivity contribution >= 4 is 32.9 Å². The molecule has 0 bridgehead atoms. The van der Waals surface area contributed by atoms with Crippen molar-refractivity contribution in [2.75, 3.05) is 0 Å². The van der Waals surface area contributed by atoms with E-state index in [1.807, 2.05) is 6.92 Å². The minimum Gasteiger partial charge on any atom is -0.309 e. The Labute approximate surface area is 149 Å². The van der Waals surface area contributed by atoms with Crippen LogP contribution in [0.3, 0.4) is 0 Å². The summed E-state index contributed by atoms with van der Waals surface area (Å²) < 4.78 is 0. The molecule has 0 radical (unpaired) electrons. The molecule has 126 valence electrons. The van der Waals surface area contributed by atoms with Gasteiger partial charge in [0.15, 0.2) is 0 Å². The van der Waals surface area contributed by atoms with E-state index >= 15 is 0 Å². The van der Waals surface area contributed by atoms with E-state index in [2.05, 4.69) is 34.7 Å². The van der Waals surface area contributed by atoms with Gasteiger partial charge in [-0.3, -0.25) is 4.79 Å². The van der Waals surface area contributed by atoms with Gasteiger partial charge in [-0.1, -0.05) is 13.0 Å². The van der Waals surface area contributed by atoms with Crippen LogP contribution in [0.2, 0.25) is 0 Å². The number of fused-ring (bicyclic) bond motifs is 3. The van der Waals surface area contributed by atoms with Crippen LogP contribution in [-0.2, 0) is 19.4 Å². The van der Waals surface area contributed by atoms with Crippen LogP contribution in [0.4, 0.5) is 0 Å². The summed E-state index contributed by atoms with van der Waals surface area (Å²) in [6, 6.07) is 4.18. The second-order valence-corrected chi connectivity index (χ2v) is 8.78. The summed E-state index contributed by atoms with van der Waals surface area (Å²) in [4.78, 5) is 24.0. The van der Waals surface area contributed by atoms with Gasteiger partial charge in [0.25, 0.3) is 5.56 Å². The number of aromatic amines is 1. The molecule has 0 aliphatic heterocycles. The number of hydrogen-bond donors (Lipinski definition) is 2. The van der Waals surface area contributed by atoms with Crippen LogP contribution in [0.5, 0.6) is 0 Å². The van der Waals surface area contributed by atoms with Gasteiger partial charge >= 0.3 is 0 Å². The molecule has 2 N–H and O–H groups in total. The Morgan fingerprint density at radius 1 is 1.50 bits per heavy atom. The van der Waals surface area contributed by atoms with Crippen molar-refractivity contribution < 1.29 is 0 Å². The first-order chi connectivity index (χ1) is 11.6. The third-order valence-electron chi connectivity index (χ3n) is 4.76. The second-order valence-electron chi connectivity index (χ2n) is 6.67. The fraction of sp³-hybridized carbons (Fsp3) is 0.444. The Morgan fingerprint density at radius 2 is 2.38 bits per heavy atom. The Hall–Kier alpha value is -1.50. The molecule has 1 aliphatic rings. The van der Waals surface area contributed by atoms with Gasteiger partial charge in [0.1, 0.15) is 10.7 Å². The Bertz CT molecular complexity index is 910. The molecule has 0 saturated heterocycles. The average Bonchev–Trinajstić information content (AvgIpc) is 3.18. The lowest BCUT2D eigenvalue weighted by Crippen LogP contribution is -2.23. The summed E-state index contributed by atoms with van der Waals surface area (Å²) in [7, 11) is 0. The predicted octanol–water partition coefficient (Wildman–Crippen LogP) is 4.02. The van der Waals surface area contributed by atoms with Gasteiger partial charge in [0.05, 0.1) is 11.4 Å². The fourth-order valence-electron chi connectivity index (χ4n) is 3.33. The monoisotopic (exact) mass is 359 g/mol. The normalized spacial score (nSPS) is 18.7. The lowest BCUT2D eigenvalue weighted by Gasteiger charge is -2.17. The molecule has 4 rings (SSSR count). The largest absolute Gasteiger partial charge is 0.309 e. The number of nitrogens with zero attached hydrogens (tertiary/aromatic N) is 1. The van der Waals surface area contributed by atoms with Crippen LogP contribution in [-0.4, -0.2) is 9.97 Å². The first kappa shape index (κ1) is 16.0. The highest BCUT2D eigenvalue weighted by atomic mass is 32.1. The summed E-state index contributed by atoms with van der Waals surface area (Å²) in [5.41, 5.74) is 1.26. The first-order valence-electron chi connectivity index (χ1n) is 8.42. The number of thiophene rings is 2. The van der Waals surface area contributed by atoms with Crippen LogP contribution in [0.25, 0.3) is 10.2 Å². The number of H-pyrrole nitrogens is 1. The van der Waals surface area contributed by atoms with E-state index in [9.17, 15) is 4.79 Å². The molecule has 2 atom stereocenters. The third-order valence-corrected chi connectivity index (χ3v) is 6.78. The molecule has 3 heterocycles. The SMILES string of the molecule is C[C@H]1CCc2c(sc3nc([C@H](C)NCc4cccs4)[nH]c(=O)c23)C1. The zero-order valence-electron chi connectivity index (χ0n) is 13.9. The molecular formula is C18H21N3OS2. The molecular weight excluding hydrogens is 338 g/mol. The lowest BCUT2D eigenvalue weighted by atomic mass is 9.89. The van der Waals surface area contributed by atoms with E-state index in [0.717, 1.165) is 35.4 Å². The van der Waals surface area contributed by atoms with Gasteiger partial charge < -0.3 is 10.3 Å². The van der Waals surface area contributed by atoms with E-state index in [4.69, 9.17) is 4.98 Å². The van der Waals surface area contributed by atoms with Crippen molar-refractivity contribution in [3.05, 3.63) is 49.0 Å². The van der Waals surface area contributed by atoms with E-state index in [0.29, 0.717) is 5.92 Å². The highest BCUT2D eigenvalue weighted by molar-refractivity contribution is 7.18. The number of aromatic nitrogens is 2. The number of nitrogens with one attached hydrogen (secondary N) is 2. The lowest BCUT2D eigenvalue weighted by molar-refractivity contribution is 0.509. The van der Waals surface area contributed by atoms with Gasteiger partial charge in [0.2, 0.25) is 0 Å². The zero-order chi connectivity index (χ0) is 16.7. The second kappa shape index (κ2) is 6.43. The summed E-state index contributed by atoms with van der Waals surface area (Å²) in [5.74, 6) is 1.44. The average molecular weight is 360 g/mol. The minimum absolute atomic E-state index is 0.0160. The van der Waals surface area contributed by atoms with E-state index in [1.54, 1.807) is 22.7 Å². The van der Waals surface area contributed by atoms with Crippen LogP contribution in [0, 0.1) is 5.92 Å². The molecule has 3 aromatic rings. The Morgan fingerprint density at radius 3 is 3.17 bits per heavy atom. The van der Waals surface area contributed by atoms with Crippen molar-refractivity contribution in [3.8, 4) is 0 Å². The van der Waals surface area contributed by atoms with E-state index in [1.165, 1.54) is 21.7 Å². The third kappa shape index (κ3) is 2.94. The molecule has 0 saturated carbocycles. The topological polar surface area (TPSA) is 57.8 Å². The molecule has 4 nitrogen and oxygen atoms in total. The summed E-state index contributed by atoms with van der Waals surface area (Å²) >= 11 is 3.44. The van der Waals surface area contributed by atoms with E-state index < -0.39 is 0 Å². The molecule has 6 heteroatoms.